The molecule has 0 fully saturated rings. The molecule has 7 heteroatoms. The molecule has 0 spiro atoms. The van der Waals surface area contributed by atoms with E-state index in [2.05, 4.69) is 10.2 Å². The first-order valence-electron chi connectivity index (χ1n) is 3.39. The van der Waals surface area contributed by atoms with Gasteiger partial charge in [-0.25, -0.2) is 4.68 Å². The molecule has 68 valence electrons. The van der Waals surface area contributed by atoms with Gasteiger partial charge < -0.3 is 11.6 Å². The van der Waals surface area contributed by atoms with Gasteiger partial charge in [0.1, 0.15) is 0 Å². The van der Waals surface area contributed by atoms with Gasteiger partial charge in [-0.3, -0.25) is 0 Å². The Hall–Kier alpha value is -1.27. The van der Waals surface area contributed by atoms with Crippen molar-refractivity contribution in [2.45, 2.75) is 0 Å². The normalized spacial score (nSPS) is 10.5. The molecule has 0 amide bonds. The molecule has 0 saturated carbocycles. The van der Waals surface area contributed by atoms with Crippen LogP contribution in [0.4, 0.5) is 5.95 Å². The van der Waals surface area contributed by atoms with Gasteiger partial charge in [-0.2, -0.15) is 0 Å². The van der Waals surface area contributed by atoms with Crippen molar-refractivity contribution in [1.82, 2.24) is 14.9 Å². The highest BCUT2D eigenvalue weighted by Crippen LogP contribution is 2.27. The quantitative estimate of drug-likeness (QED) is 0.694. The molecule has 0 bridgehead atoms. The molecule has 5 nitrogen and oxygen atoms in total. The molecule has 4 N–H and O–H groups in total. The molecule has 0 aliphatic carbocycles. The van der Waals surface area contributed by atoms with Crippen molar-refractivity contribution in [1.29, 1.82) is 0 Å². The van der Waals surface area contributed by atoms with Gasteiger partial charge in [0.25, 0.3) is 0 Å². The Morgan fingerprint density at radius 1 is 1.46 bits per heavy atom. The summed E-state index contributed by atoms with van der Waals surface area (Å²) in [4.78, 5) is 0. The molecule has 2 aromatic rings. The molecule has 13 heavy (non-hydrogen) atoms. The number of nitrogen functional groups attached to an aromatic ring is 2. The number of thiophene rings is 1. The van der Waals surface area contributed by atoms with E-state index in [1.165, 1.54) is 16.0 Å². The van der Waals surface area contributed by atoms with E-state index in [4.69, 9.17) is 23.2 Å². The van der Waals surface area contributed by atoms with E-state index in [9.17, 15) is 0 Å². The average molecular weight is 216 g/mol. The van der Waals surface area contributed by atoms with Gasteiger partial charge in [-0.05, 0) is 6.07 Å². The highest BCUT2D eigenvalue weighted by Gasteiger charge is 2.10. The van der Waals surface area contributed by atoms with Gasteiger partial charge in [0.2, 0.25) is 5.95 Å². The Morgan fingerprint density at radius 2 is 2.23 bits per heavy atom. The van der Waals surface area contributed by atoms with Gasteiger partial charge in [0.15, 0.2) is 5.82 Å². The third kappa shape index (κ3) is 1.34. The number of nitrogens with two attached hydrogens (primary N) is 2. The summed E-state index contributed by atoms with van der Waals surface area (Å²) in [6, 6.07) is 1.76. The lowest BCUT2D eigenvalue weighted by Crippen LogP contribution is -2.13. The predicted molar refractivity (Wildman–Crippen MR) is 52.9 cm³/mol. The standard InChI is InChI=1S/C6H6ClN5S/c7-4-1-3(2-13-4)5-10-11-6(8)12(5)9/h1-2H,9H2,(H2,8,11). The Labute approximate surface area is 82.9 Å². The second-order valence-corrected chi connectivity index (χ2v) is 3.93. The summed E-state index contributed by atoms with van der Waals surface area (Å²) in [5, 5.41) is 9.28. The summed E-state index contributed by atoms with van der Waals surface area (Å²) in [5.74, 6) is 6.26. The summed E-state index contributed by atoms with van der Waals surface area (Å²) < 4.78 is 1.90. The van der Waals surface area contributed by atoms with Crippen molar-refractivity contribution in [3.63, 3.8) is 0 Å². The third-order valence-corrected chi connectivity index (χ3v) is 2.64. The van der Waals surface area contributed by atoms with E-state index >= 15 is 0 Å². The van der Waals surface area contributed by atoms with E-state index in [1.807, 2.05) is 5.38 Å². The largest absolute Gasteiger partial charge is 0.366 e. The fraction of sp³-hybridized carbons (Fsp3) is 0. The Morgan fingerprint density at radius 3 is 2.69 bits per heavy atom. The van der Waals surface area contributed by atoms with Gasteiger partial charge >= 0.3 is 0 Å². The van der Waals surface area contributed by atoms with Crippen LogP contribution in [0.15, 0.2) is 11.4 Å². The first-order chi connectivity index (χ1) is 6.18. The Balaban J connectivity index is 2.52. The van der Waals surface area contributed by atoms with Gasteiger partial charge in [-0.1, -0.05) is 11.6 Å². The first-order valence-corrected chi connectivity index (χ1v) is 4.64. The molecule has 0 aliphatic rings. The number of nitrogens with zero attached hydrogens (tertiary/aromatic N) is 3. The minimum absolute atomic E-state index is 0.178. The van der Waals surface area contributed by atoms with E-state index < -0.39 is 0 Å². The lowest BCUT2D eigenvalue weighted by Gasteiger charge is -1.96. The van der Waals surface area contributed by atoms with E-state index in [-0.39, 0.29) is 5.95 Å². The SMILES string of the molecule is Nc1nnc(-c2csc(Cl)c2)n1N. The zero-order valence-electron chi connectivity index (χ0n) is 6.44. The van der Waals surface area contributed by atoms with Gasteiger partial charge in [0.05, 0.1) is 4.34 Å². The van der Waals surface area contributed by atoms with Crippen molar-refractivity contribution in [3.05, 3.63) is 15.8 Å². The van der Waals surface area contributed by atoms with Gasteiger partial charge in [-0.15, -0.1) is 21.5 Å². The molecule has 2 heterocycles. The van der Waals surface area contributed by atoms with Crippen LogP contribution in [0.1, 0.15) is 0 Å². The number of halogens is 1. The number of anilines is 1. The maximum Gasteiger partial charge on any atom is 0.241 e. The lowest BCUT2D eigenvalue weighted by atomic mass is 10.3. The molecule has 0 atom stereocenters. The topological polar surface area (TPSA) is 82.8 Å². The van der Waals surface area contributed by atoms with Crippen LogP contribution in [0.3, 0.4) is 0 Å². The summed E-state index contributed by atoms with van der Waals surface area (Å²) in [7, 11) is 0. The number of hydrogen-bond donors (Lipinski definition) is 2. The summed E-state index contributed by atoms with van der Waals surface area (Å²) >= 11 is 7.16. The molecule has 2 rings (SSSR count). The van der Waals surface area contributed by atoms with Crippen molar-refractivity contribution in [3.8, 4) is 11.4 Å². The second-order valence-electron chi connectivity index (χ2n) is 2.39. The lowest BCUT2D eigenvalue weighted by molar-refractivity contribution is 1.02. The highest BCUT2D eigenvalue weighted by atomic mass is 35.5. The predicted octanol–water partition coefficient (Wildman–Crippen LogP) is 0.956. The van der Waals surface area contributed by atoms with Gasteiger partial charge in [0, 0.05) is 10.9 Å². The monoisotopic (exact) mass is 215 g/mol. The molecule has 0 saturated heterocycles. The van der Waals surface area contributed by atoms with Crippen molar-refractivity contribution < 1.29 is 0 Å². The van der Waals surface area contributed by atoms with Crippen LogP contribution >= 0.6 is 22.9 Å². The van der Waals surface area contributed by atoms with E-state index in [1.54, 1.807) is 6.07 Å². The first kappa shape index (κ1) is 8.33. The van der Waals surface area contributed by atoms with Crippen molar-refractivity contribution in [2.24, 2.45) is 0 Å². The fourth-order valence-electron chi connectivity index (χ4n) is 0.928. The average Bonchev–Trinajstić information content (AvgIpc) is 2.62. The highest BCUT2D eigenvalue weighted by molar-refractivity contribution is 7.14. The van der Waals surface area contributed by atoms with Crippen LogP contribution in [-0.2, 0) is 0 Å². The van der Waals surface area contributed by atoms with Crippen molar-refractivity contribution >= 4 is 28.9 Å². The maximum absolute atomic E-state index is 5.76. The molecular weight excluding hydrogens is 210 g/mol. The summed E-state index contributed by atoms with van der Waals surface area (Å²) in [5.41, 5.74) is 6.24. The smallest absolute Gasteiger partial charge is 0.241 e. The Kier molecular flexibility index (Phi) is 1.86. The fourth-order valence-corrected chi connectivity index (χ4v) is 1.79. The zero-order valence-corrected chi connectivity index (χ0v) is 8.01. The van der Waals surface area contributed by atoms with Crippen molar-refractivity contribution in [2.75, 3.05) is 11.6 Å². The molecule has 0 unspecified atom stereocenters. The molecule has 0 radical (unpaired) electrons. The van der Waals surface area contributed by atoms with E-state index in [0.29, 0.717) is 10.2 Å². The van der Waals surface area contributed by atoms with Crippen LogP contribution < -0.4 is 11.6 Å². The van der Waals surface area contributed by atoms with Crippen LogP contribution in [-0.4, -0.2) is 14.9 Å². The molecule has 0 aliphatic heterocycles. The number of aromatic nitrogens is 3. The van der Waals surface area contributed by atoms with Crippen LogP contribution in [0, 0.1) is 0 Å². The molecule has 0 aromatic carbocycles. The third-order valence-electron chi connectivity index (χ3n) is 1.55. The Bertz CT molecular complexity index is 434. The molecular formula is C6H6ClN5S. The van der Waals surface area contributed by atoms with Crippen LogP contribution in [0.2, 0.25) is 4.34 Å². The minimum Gasteiger partial charge on any atom is -0.366 e. The number of rotatable bonds is 1. The van der Waals surface area contributed by atoms with Crippen LogP contribution in [0.5, 0.6) is 0 Å². The van der Waals surface area contributed by atoms with Crippen LogP contribution in [0.25, 0.3) is 11.4 Å². The zero-order chi connectivity index (χ0) is 9.42. The summed E-state index contributed by atoms with van der Waals surface area (Å²) in [6.07, 6.45) is 0. The van der Waals surface area contributed by atoms with E-state index in [0.717, 1.165) is 5.56 Å². The summed E-state index contributed by atoms with van der Waals surface area (Å²) in [6.45, 7) is 0. The second kappa shape index (κ2) is 2.90. The minimum atomic E-state index is 0.178. The number of hydrogen-bond acceptors (Lipinski definition) is 5. The maximum atomic E-state index is 5.76. The molecule has 2 aromatic heterocycles.